The second-order valence-corrected chi connectivity index (χ2v) is 5.58. The van der Waals surface area contributed by atoms with Crippen molar-refractivity contribution in [1.29, 1.82) is 0 Å². The molecule has 8 nitrogen and oxygen atoms in total. The molecule has 1 saturated heterocycles. The van der Waals surface area contributed by atoms with Crippen LogP contribution in [-0.2, 0) is 9.53 Å². The van der Waals surface area contributed by atoms with E-state index < -0.39 is 18.0 Å². The van der Waals surface area contributed by atoms with Crippen LogP contribution >= 0.6 is 0 Å². The highest BCUT2D eigenvalue weighted by Crippen LogP contribution is 2.27. The Balaban J connectivity index is 1.74. The van der Waals surface area contributed by atoms with Crippen LogP contribution in [0, 0.1) is 5.82 Å². The van der Waals surface area contributed by atoms with Gasteiger partial charge in [-0.05, 0) is 18.2 Å². The number of carbonyl (C=O) groups is 2. The fourth-order valence-electron chi connectivity index (χ4n) is 2.62. The smallest absolute Gasteiger partial charge is 0.414 e. The van der Waals surface area contributed by atoms with E-state index in [2.05, 4.69) is 10.4 Å². The molecule has 1 atom stereocenters. The van der Waals surface area contributed by atoms with Gasteiger partial charge in [0, 0.05) is 13.6 Å². The minimum absolute atomic E-state index is 0.226. The van der Waals surface area contributed by atoms with Crippen molar-refractivity contribution >= 4 is 30.2 Å². The number of cyclic esters (lactones) is 1. The normalized spacial score (nSPS) is 20.3. The van der Waals surface area contributed by atoms with Crippen LogP contribution in [0.15, 0.2) is 23.3 Å². The molecule has 2 heterocycles. The number of benzene rings is 1. The van der Waals surface area contributed by atoms with Gasteiger partial charge in [0.05, 0.1) is 31.0 Å². The van der Waals surface area contributed by atoms with E-state index in [0.29, 0.717) is 30.9 Å². The number of hydrazone groups is 1. The van der Waals surface area contributed by atoms with Crippen molar-refractivity contribution < 1.29 is 18.7 Å². The number of halogens is 1. The lowest BCUT2D eigenvalue weighted by Crippen LogP contribution is -2.36. The second kappa shape index (κ2) is 6.73. The Hall–Kier alpha value is -2.84. The number of ether oxygens (including phenoxy) is 1. The highest BCUT2D eigenvalue weighted by Gasteiger charge is 2.32. The van der Waals surface area contributed by atoms with Crippen LogP contribution < -0.4 is 15.1 Å². The Kier molecular flexibility index (Phi) is 4.50. The molecule has 2 aliphatic rings. The number of hydrogen-bond acceptors (Lipinski definition) is 6. The lowest BCUT2D eigenvalue weighted by molar-refractivity contribution is -0.109. The van der Waals surface area contributed by atoms with Crippen molar-refractivity contribution in [1.82, 2.24) is 10.3 Å². The van der Waals surface area contributed by atoms with Gasteiger partial charge in [0.15, 0.2) is 0 Å². The van der Waals surface area contributed by atoms with Gasteiger partial charge in [-0.3, -0.25) is 14.7 Å². The largest absolute Gasteiger partial charge is 0.442 e. The molecule has 1 aromatic rings. The van der Waals surface area contributed by atoms with Crippen LogP contribution in [-0.4, -0.2) is 63.2 Å². The second-order valence-electron chi connectivity index (χ2n) is 5.58. The minimum Gasteiger partial charge on any atom is -0.442 e. The van der Waals surface area contributed by atoms with Crippen molar-refractivity contribution in [3.8, 4) is 0 Å². The first-order valence-electron chi connectivity index (χ1n) is 7.55. The summed E-state index contributed by atoms with van der Waals surface area (Å²) < 4.78 is 19.6. The van der Waals surface area contributed by atoms with Crippen molar-refractivity contribution in [3.63, 3.8) is 0 Å². The number of nitrogens with one attached hydrogen (secondary N) is 1. The Bertz CT molecular complexity index is 669. The summed E-state index contributed by atoms with van der Waals surface area (Å²) in [5.41, 5.74) is 0.822. The number of amides is 2. The summed E-state index contributed by atoms with van der Waals surface area (Å²) in [4.78, 5) is 25.3. The van der Waals surface area contributed by atoms with Crippen molar-refractivity contribution in [2.24, 2.45) is 5.10 Å². The molecular weight excluding hydrogens is 317 g/mol. The Morgan fingerprint density at radius 3 is 2.96 bits per heavy atom. The lowest BCUT2D eigenvalue weighted by atomic mass is 10.2. The maximum absolute atomic E-state index is 14.5. The van der Waals surface area contributed by atoms with Crippen molar-refractivity contribution in [3.05, 3.63) is 24.0 Å². The van der Waals surface area contributed by atoms with E-state index in [-0.39, 0.29) is 13.1 Å². The zero-order valence-corrected chi connectivity index (χ0v) is 13.2. The lowest BCUT2D eigenvalue weighted by Gasteiger charge is -2.28. The maximum atomic E-state index is 14.5. The van der Waals surface area contributed by atoms with Crippen LogP contribution in [0.3, 0.4) is 0 Å². The number of anilines is 2. The zero-order chi connectivity index (χ0) is 17.1. The summed E-state index contributed by atoms with van der Waals surface area (Å²) >= 11 is 0. The van der Waals surface area contributed by atoms with E-state index in [9.17, 15) is 14.0 Å². The number of nitrogens with zero attached hydrogens (tertiary/aromatic N) is 4. The minimum atomic E-state index is -0.555. The molecule has 24 heavy (non-hydrogen) atoms. The molecule has 0 saturated carbocycles. The average Bonchev–Trinajstić information content (AvgIpc) is 2.95. The first-order valence-corrected chi connectivity index (χ1v) is 7.55. The SMILES string of the molecule is CN1CCN(c2ccc(N3C[C@H](CNC=O)OC3=O)cc2F)C=N1. The predicted octanol–water partition coefficient (Wildman–Crippen LogP) is 0.592. The van der Waals surface area contributed by atoms with Gasteiger partial charge in [0.2, 0.25) is 6.41 Å². The molecular formula is C15H18FN5O3. The molecule has 0 aliphatic carbocycles. The van der Waals surface area contributed by atoms with Crippen LogP contribution in [0.1, 0.15) is 0 Å². The quantitative estimate of drug-likeness (QED) is 0.797. The number of rotatable bonds is 5. The van der Waals surface area contributed by atoms with Crippen molar-refractivity contribution in [2.45, 2.75) is 6.10 Å². The van der Waals surface area contributed by atoms with E-state index >= 15 is 0 Å². The molecule has 1 N–H and O–H groups in total. The molecule has 0 radical (unpaired) electrons. The van der Waals surface area contributed by atoms with Gasteiger partial charge in [-0.1, -0.05) is 0 Å². The highest BCUT2D eigenvalue weighted by atomic mass is 19.1. The standard InChI is InChI=1S/C15H18FN5O3/c1-19-4-5-20(9-18-19)14-3-2-11(6-13(14)16)21-8-12(7-17-10-22)24-15(21)23/h2-3,6,9-10,12H,4-5,7-8H2,1H3,(H,17,22)/t12-/m0/s1. The topological polar surface area (TPSA) is 77.5 Å². The molecule has 1 fully saturated rings. The van der Waals surface area contributed by atoms with Crippen LogP contribution in [0.2, 0.25) is 0 Å². The van der Waals surface area contributed by atoms with E-state index in [0.717, 1.165) is 0 Å². The first kappa shape index (κ1) is 16.0. The van der Waals surface area contributed by atoms with Gasteiger partial charge in [0.25, 0.3) is 0 Å². The summed E-state index contributed by atoms with van der Waals surface area (Å²) in [5, 5.41) is 8.37. The van der Waals surface area contributed by atoms with Gasteiger partial charge in [0.1, 0.15) is 18.3 Å². The predicted molar refractivity (Wildman–Crippen MR) is 86.5 cm³/mol. The van der Waals surface area contributed by atoms with E-state index in [1.54, 1.807) is 28.4 Å². The van der Waals surface area contributed by atoms with Crippen LogP contribution in [0.25, 0.3) is 0 Å². The first-order chi connectivity index (χ1) is 11.6. The Labute approximate surface area is 138 Å². The zero-order valence-electron chi connectivity index (χ0n) is 13.2. The van der Waals surface area contributed by atoms with Crippen LogP contribution in [0.5, 0.6) is 0 Å². The summed E-state index contributed by atoms with van der Waals surface area (Å²) in [6, 6.07) is 4.59. The van der Waals surface area contributed by atoms with Gasteiger partial charge in [-0.25, -0.2) is 9.18 Å². The molecule has 0 aromatic heterocycles. The fourth-order valence-corrected chi connectivity index (χ4v) is 2.62. The third-order valence-corrected chi connectivity index (χ3v) is 3.91. The average molecular weight is 335 g/mol. The summed E-state index contributed by atoms with van der Waals surface area (Å²) in [7, 11) is 1.85. The Morgan fingerprint density at radius 2 is 2.29 bits per heavy atom. The van der Waals surface area contributed by atoms with Crippen molar-refractivity contribution in [2.75, 3.05) is 43.0 Å². The summed E-state index contributed by atoms with van der Waals surface area (Å²) in [5.74, 6) is -0.439. The molecule has 2 amide bonds. The van der Waals surface area contributed by atoms with Gasteiger partial charge in [-0.2, -0.15) is 5.10 Å². The molecule has 0 bridgehead atoms. The van der Waals surface area contributed by atoms with Gasteiger partial charge >= 0.3 is 6.09 Å². The molecule has 128 valence electrons. The summed E-state index contributed by atoms with van der Waals surface area (Å²) in [6.45, 7) is 1.81. The van der Waals surface area contributed by atoms with Crippen LogP contribution in [0.4, 0.5) is 20.6 Å². The Morgan fingerprint density at radius 1 is 1.46 bits per heavy atom. The van der Waals surface area contributed by atoms with E-state index in [1.807, 2.05) is 7.05 Å². The fraction of sp³-hybridized carbons (Fsp3) is 0.400. The van der Waals surface area contributed by atoms with E-state index in [1.165, 1.54) is 11.0 Å². The molecule has 1 aromatic carbocycles. The number of hydrogen-bond donors (Lipinski definition) is 1. The third kappa shape index (κ3) is 3.24. The highest BCUT2D eigenvalue weighted by molar-refractivity contribution is 5.90. The van der Waals surface area contributed by atoms with E-state index in [4.69, 9.17) is 4.74 Å². The molecule has 3 rings (SSSR count). The molecule has 2 aliphatic heterocycles. The number of carbonyl (C=O) groups excluding carboxylic acids is 2. The van der Waals surface area contributed by atoms with Gasteiger partial charge < -0.3 is 15.0 Å². The third-order valence-electron chi connectivity index (χ3n) is 3.91. The molecule has 9 heteroatoms. The molecule has 0 unspecified atom stereocenters. The summed E-state index contributed by atoms with van der Waals surface area (Å²) in [6.07, 6.45) is 1.12. The molecule has 0 spiro atoms. The van der Waals surface area contributed by atoms with Gasteiger partial charge in [-0.15, -0.1) is 0 Å². The monoisotopic (exact) mass is 335 g/mol. The maximum Gasteiger partial charge on any atom is 0.414 e. The number of likely N-dealkylation sites (N-methyl/N-ethyl adjacent to an activating group) is 1.